The Morgan fingerprint density at radius 3 is 2.43 bits per heavy atom. The molecule has 3 heterocycles. The minimum absolute atomic E-state index is 0.142. The van der Waals surface area contributed by atoms with Crippen molar-refractivity contribution in [1.29, 1.82) is 0 Å². The second-order valence-corrected chi connectivity index (χ2v) is 8.70. The standard InChI is InChI=1S/C25H33FN6O3/c26-21-5-1-2-6-22(21)31-10-12-32(13-11-31)23(20-4-3-7-27-18-20)19-29-25(34)24(33)28-8-9-30-14-16-35-17-15-30/h1-7,18,23H,8-17,19H2,(H,28,33)(H,29,34)/t23-/m0/s1. The van der Waals surface area contributed by atoms with Gasteiger partial charge in [-0.05, 0) is 23.8 Å². The maximum atomic E-state index is 14.2. The van der Waals surface area contributed by atoms with Crippen molar-refractivity contribution in [3.8, 4) is 0 Å². The average molecular weight is 485 g/mol. The van der Waals surface area contributed by atoms with Crippen molar-refractivity contribution >= 4 is 17.5 Å². The van der Waals surface area contributed by atoms with Crippen LogP contribution in [0.2, 0.25) is 0 Å². The van der Waals surface area contributed by atoms with Crippen LogP contribution in [0.5, 0.6) is 0 Å². The Balaban J connectivity index is 1.30. The van der Waals surface area contributed by atoms with Gasteiger partial charge in [0, 0.05) is 71.3 Å². The van der Waals surface area contributed by atoms with Crippen LogP contribution in [0.15, 0.2) is 48.8 Å². The molecule has 2 amide bonds. The highest BCUT2D eigenvalue weighted by Crippen LogP contribution is 2.25. The number of para-hydroxylation sites is 1. The number of piperazine rings is 1. The fourth-order valence-electron chi connectivity index (χ4n) is 4.52. The molecular weight excluding hydrogens is 451 g/mol. The molecule has 1 atom stereocenters. The van der Waals surface area contributed by atoms with Gasteiger partial charge in [0.25, 0.3) is 0 Å². The molecule has 188 valence electrons. The highest BCUT2D eigenvalue weighted by molar-refractivity contribution is 6.35. The summed E-state index contributed by atoms with van der Waals surface area (Å²) in [5.41, 5.74) is 1.56. The number of carbonyl (C=O) groups is 2. The van der Waals surface area contributed by atoms with Crippen LogP contribution in [-0.2, 0) is 14.3 Å². The van der Waals surface area contributed by atoms with E-state index in [1.165, 1.54) is 6.07 Å². The van der Waals surface area contributed by atoms with Crippen LogP contribution in [0.25, 0.3) is 0 Å². The number of halogens is 1. The van der Waals surface area contributed by atoms with E-state index >= 15 is 0 Å². The highest BCUT2D eigenvalue weighted by Gasteiger charge is 2.27. The summed E-state index contributed by atoms with van der Waals surface area (Å²) in [6.07, 6.45) is 3.49. The van der Waals surface area contributed by atoms with E-state index < -0.39 is 11.8 Å². The zero-order valence-corrected chi connectivity index (χ0v) is 19.9. The first-order valence-corrected chi connectivity index (χ1v) is 12.1. The minimum Gasteiger partial charge on any atom is -0.379 e. The number of nitrogens with one attached hydrogen (secondary N) is 2. The second kappa shape index (κ2) is 12.6. The number of anilines is 1. The SMILES string of the molecule is O=C(NCCN1CCOCC1)C(=O)NC[C@@H](c1cccnc1)N1CCN(c2ccccc2F)CC1. The van der Waals surface area contributed by atoms with Crippen molar-refractivity contribution in [1.82, 2.24) is 25.4 Å². The Kier molecular flexibility index (Phi) is 8.99. The van der Waals surface area contributed by atoms with Crippen LogP contribution in [0.3, 0.4) is 0 Å². The normalized spacial score (nSPS) is 18.1. The van der Waals surface area contributed by atoms with E-state index in [1.807, 2.05) is 23.1 Å². The fourth-order valence-corrected chi connectivity index (χ4v) is 4.52. The number of rotatable bonds is 8. The van der Waals surface area contributed by atoms with E-state index in [9.17, 15) is 14.0 Å². The number of pyridine rings is 1. The van der Waals surface area contributed by atoms with E-state index in [-0.39, 0.29) is 18.4 Å². The zero-order chi connectivity index (χ0) is 24.5. The van der Waals surface area contributed by atoms with Crippen molar-refractivity contribution in [2.75, 3.05) is 77.0 Å². The highest BCUT2D eigenvalue weighted by atomic mass is 19.1. The molecule has 10 heteroatoms. The van der Waals surface area contributed by atoms with Gasteiger partial charge in [0.05, 0.1) is 24.9 Å². The molecule has 2 N–H and O–H groups in total. The molecule has 2 saturated heterocycles. The van der Waals surface area contributed by atoms with Gasteiger partial charge in [0.1, 0.15) is 5.82 Å². The second-order valence-electron chi connectivity index (χ2n) is 8.70. The smallest absolute Gasteiger partial charge is 0.309 e. The third kappa shape index (κ3) is 6.97. The Labute approximate surface area is 205 Å². The summed E-state index contributed by atoms with van der Waals surface area (Å²) in [4.78, 5) is 35.5. The number of carbonyl (C=O) groups excluding carboxylic acids is 2. The molecule has 1 aromatic heterocycles. The average Bonchev–Trinajstić information content (AvgIpc) is 2.90. The zero-order valence-electron chi connectivity index (χ0n) is 19.9. The van der Waals surface area contributed by atoms with Crippen molar-refractivity contribution in [2.45, 2.75) is 6.04 Å². The molecular formula is C25H33FN6O3. The quantitative estimate of drug-likeness (QED) is 0.532. The Morgan fingerprint density at radius 2 is 1.71 bits per heavy atom. The predicted octanol–water partition coefficient (Wildman–Crippen LogP) is 0.649. The van der Waals surface area contributed by atoms with Gasteiger partial charge in [-0.2, -0.15) is 0 Å². The topological polar surface area (TPSA) is 90.0 Å². The molecule has 0 radical (unpaired) electrons. The summed E-state index contributed by atoms with van der Waals surface area (Å²) in [5.74, 6) is -1.50. The molecule has 9 nitrogen and oxygen atoms in total. The Bertz CT molecular complexity index is 965. The van der Waals surface area contributed by atoms with Crippen LogP contribution in [0, 0.1) is 5.82 Å². The molecule has 2 aliphatic rings. The van der Waals surface area contributed by atoms with E-state index in [0.29, 0.717) is 58.2 Å². The van der Waals surface area contributed by atoms with Gasteiger partial charge in [0.15, 0.2) is 0 Å². The molecule has 2 fully saturated rings. The van der Waals surface area contributed by atoms with E-state index in [2.05, 4.69) is 25.4 Å². The van der Waals surface area contributed by atoms with E-state index in [4.69, 9.17) is 4.74 Å². The van der Waals surface area contributed by atoms with E-state index in [0.717, 1.165) is 18.7 Å². The number of hydrogen-bond donors (Lipinski definition) is 2. The van der Waals surface area contributed by atoms with Crippen LogP contribution in [-0.4, -0.2) is 98.7 Å². The lowest BCUT2D eigenvalue weighted by Gasteiger charge is -2.40. The molecule has 4 rings (SSSR count). The lowest BCUT2D eigenvalue weighted by molar-refractivity contribution is -0.139. The summed E-state index contributed by atoms with van der Waals surface area (Å²) in [7, 11) is 0. The molecule has 2 aliphatic heterocycles. The van der Waals surface area contributed by atoms with Gasteiger partial charge in [-0.3, -0.25) is 24.4 Å². The number of aromatic nitrogens is 1. The number of nitrogens with zero attached hydrogens (tertiary/aromatic N) is 4. The van der Waals surface area contributed by atoms with Gasteiger partial charge in [-0.25, -0.2) is 4.39 Å². The summed E-state index contributed by atoms with van der Waals surface area (Å²) in [6.45, 7) is 7.13. The number of hydrogen-bond acceptors (Lipinski definition) is 7. The van der Waals surface area contributed by atoms with Crippen molar-refractivity contribution in [3.63, 3.8) is 0 Å². The molecule has 1 aromatic carbocycles. The third-order valence-corrected chi connectivity index (χ3v) is 6.50. The van der Waals surface area contributed by atoms with Crippen LogP contribution < -0.4 is 15.5 Å². The van der Waals surface area contributed by atoms with Crippen molar-refractivity contribution < 1.29 is 18.7 Å². The Hall–Kier alpha value is -3.08. The lowest BCUT2D eigenvalue weighted by atomic mass is 10.1. The number of ether oxygens (including phenoxy) is 1. The minimum atomic E-state index is -0.647. The largest absolute Gasteiger partial charge is 0.379 e. The predicted molar refractivity (Wildman–Crippen MR) is 130 cm³/mol. The molecule has 0 spiro atoms. The first-order valence-electron chi connectivity index (χ1n) is 12.1. The Morgan fingerprint density at radius 1 is 0.971 bits per heavy atom. The maximum absolute atomic E-state index is 14.2. The third-order valence-electron chi connectivity index (χ3n) is 6.50. The van der Waals surface area contributed by atoms with E-state index in [1.54, 1.807) is 24.5 Å². The molecule has 0 aliphatic carbocycles. The molecule has 35 heavy (non-hydrogen) atoms. The summed E-state index contributed by atoms with van der Waals surface area (Å²) in [5, 5.41) is 5.49. The van der Waals surface area contributed by atoms with Gasteiger partial charge < -0.3 is 20.3 Å². The van der Waals surface area contributed by atoms with Gasteiger partial charge in [-0.15, -0.1) is 0 Å². The maximum Gasteiger partial charge on any atom is 0.309 e. The monoisotopic (exact) mass is 484 g/mol. The number of morpholine rings is 1. The van der Waals surface area contributed by atoms with Crippen LogP contribution in [0.1, 0.15) is 11.6 Å². The fraction of sp³-hybridized carbons (Fsp3) is 0.480. The summed E-state index contributed by atoms with van der Waals surface area (Å²) in [6, 6.07) is 10.5. The molecule has 0 bridgehead atoms. The summed E-state index contributed by atoms with van der Waals surface area (Å²) >= 11 is 0. The lowest BCUT2D eigenvalue weighted by Crippen LogP contribution is -2.51. The van der Waals surface area contributed by atoms with Crippen molar-refractivity contribution in [3.05, 3.63) is 60.2 Å². The van der Waals surface area contributed by atoms with Gasteiger partial charge >= 0.3 is 11.8 Å². The first-order chi connectivity index (χ1) is 17.1. The van der Waals surface area contributed by atoms with Gasteiger partial charge in [0.2, 0.25) is 0 Å². The first kappa shape index (κ1) is 25.0. The summed E-state index contributed by atoms with van der Waals surface area (Å²) < 4.78 is 19.5. The van der Waals surface area contributed by atoms with Crippen LogP contribution >= 0.6 is 0 Å². The number of benzene rings is 1. The van der Waals surface area contributed by atoms with Crippen molar-refractivity contribution in [2.24, 2.45) is 0 Å². The number of amides is 2. The molecule has 0 saturated carbocycles. The molecule has 0 unspecified atom stereocenters. The van der Waals surface area contributed by atoms with Crippen LogP contribution in [0.4, 0.5) is 10.1 Å². The molecule has 2 aromatic rings. The van der Waals surface area contributed by atoms with Gasteiger partial charge in [-0.1, -0.05) is 18.2 Å².